The lowest BCUT2D eigenvalue weighted by Gasteiger charge is -2.35. The third-order valence-electron chi connectivity index (χ3n) is 7.77. The van der Waals surface area contributed by atoms with Gasteiger partial charge in [-0.1, -0.05) is 83.9 Å². The first-order valence-corrected chi connectivity index (χ1v) is 15.6. The summed E-state index contributed by atoms with van der Waals surface area (Å²) >= 11 is 1.86. The molecule has 0 spiro atoms. The number of benzene rings is 1. The molecule has 1 aromatic heterocycles. The average molecular weight is 512 g/mol. The zero-order chi connectivity index (χ0) is 25.6. The molecule has 1 aliphatic carbocycles. The molecular weight excluding hydrogens is 462 g/mol. The van der Waals surface area contributed by atoms with Gasteiger partial charge >= 0.3 is 5.97 Å². The smallest absolute Gasteiger partial charge is 0.311 e. The summed E-state index contributed by atoms with van der Waals surface area (Å²) in [5.41, 5.74) is 2.63. The van der Waals surface area contributed by atoms with Crippen LogP contribution in [0.3, 0.4) is 0 Å². The summed E-state index contributed by atoms with van der Waals surface area (Å²) in [5, 5.41) is 2.18. The molecule has 36 heavy (non-hydrogen) atoms. The van der Waals surface area contributed by atoms with Crippen molar-refractivity contribution in [2.24, 2.45) is 5.92 Å². The molecule has 4 heteroatoms. The second kappa shape index (κ2) is 16.2. The Kier molecular flexibility index (Phi) is 13.0. The SMILES string of the molecule is CCCCCCC(C)CCCCC(=O)Oc1cccc2c1CCC(N(CCC)CCc1cccs1)C2. The van der Waals surface area contributed by atoms with Crippen molar-refractivity contribution in [1.29, 1.82) is 0 Å². The summed E-state index contributed by atoms with van der Waals surface area (Å²) in [6.07, 6.45) is 16.0. The molecule has 1 aromatic carbocycles. The van der Waals surface area contributed by atoms with E-state index < -0.39 is 0 Å². The maximum absolute atomic E-state index is 12.6. The van der Waals surface area contributed by atoms with Gasteiger partial charge in [-0.25, -0.2) is 0 Å². The highest BCUT2D eigenvalue weighted by Crippen LogP contribution is 2.32. The van der Waals surface area contributed by atoms with E-state index in [0.29, 0.717) is 12.5 Å². The highest BCUT2D eigenvalue weighted by molar-refractivity contribution is 7.09. The quantitative estimate of drug-likeness (QED) is 0.121. The molecule has 0 amide bonds. The van der Waals surface area contributed by atoms with Gasteiger partial charge in [0.05, 0.1) is 0 Å². The normalized spacial score (nSPS) is 16.2. The third-order valence-corrected chi connectivity index (χ3v) is 8.70. The lowest BCUT2D eigenvalue weighted by Crippen LogP contribution is -2.41. The zero-order valence-corrected chi connectivity index (χ0v) is 23.9. The fourth-order valence-electron chi connectivity index (χ4n) is 5.63. The van der Waals surface area contributed by atoms with Crippen LogP contribution >= 0.6 is 11.3 Å². The molecule has 2 unspecified atom stereocenters. The fourth-order valence-corrected chi connectivity index (χ4v) is 6.33. The summed E-state index contributed by atoms with van der Waals surface area (Å²) < 4.78 is 5.90. The number of rotatable bonds is 17. The number of carbonyl (C=O) groups excluding carboxylic acids is 1. The summed E-state index contributed by atoms with van der Waals surface area (Å²) in [7, 11) is 0. The molecule has 200 valence electrons. The number of ether oxygens (including phenoxy) is 1. The average Bonchev–Trinajstić information content (AvgIpc) is 3.41. The van der Waals surface area contributed by atoms with Crippen LogP contribution in [0.4, 0.5) is 0 Å². The summed E-state index contributed by atoms with van der Waals surface area (Å²) in [6, 6.07) is 11.3. The van der Waals surface area contributed by atoms with Crippen LogP contribution < -0.4 is 4.74 Å². The van der Waals surface area contributed by atoms with Gasteiger partial charge < -0.3 is 4.74 Å². The second-order valence-electron chi connectivity index (χ2n) is 10.8. The fraction of sp³-hybridized carbons (Fsp3) is 0.656. The maximum Gasteiger partial charge on any atom is 0.311 e. The van der Waals surface area contributed by atoms with Crippen LogP contribution in [-0.2, 0) is 24.1 Å². The largest absolute Gasteiger partial charge is 0.426 e. The van der Waals surface area contributed by atoms with Crippen molar-refractivity contribution in [2.45, 2.75) is 117 Å². The van der Waals surface area contributed by atoms with Crippen LogP contribution in [0.1, 0.15) is 107 Å². The number of fused-ring (bicyclic) bond motifs is 1. The molecule has 2 atom stereocenters. The number of unbranched alkanes of at least 4 members (excludes halogenated alkanes) is 4. The van der Waals surface area contributed by atoms with Crippen molar-refractivity contribution in [2.75, 3.05) is 13.1 Å². The minimum atomic E-state index is -0.0651. The predicted molar refractivity (Wildman–Crippen MR) is 154 cm³/mol. The molecule has 2 aromatic rings. The van der Waals surface area contributed by atoms with E-state index in [-0.39, 0.29) is 5.97 Å². The molecule has 0 saturated heterocycles. The number of esters is 1. The summed E-state index contributed by atoms with van der Waals surface area (Å²) in [5.74, 6) is 1.51. The van der Waals surface area contributed by atoms with E-state index >= 15 is 0 Å². The number of carbonyl (C=O) groups is 1. The van der Waals surface area contributed by atoms with E-state index in [1.807, 2.05) is 17.4 Å². The number of hydrogen-bond donors (Lipinski definition) is 0. The van der Waals surface area contributed by atoms with Gasteiger partial charge in [0.2, 0.25) is 0 Å². The van der Waals surface area contributed by atoms with Gasteiger partial charge in [-0.05, 0) is 79.6 Å². The van der Waals surface area contributed by atoms with Crippen LogP contribution in [0.25, 0.3) is 0 Å². The van der Waals surface area contributed by atoms with Crippen molar-refractivity contribution in [3.8, 4) is 5.75 Å². The van der Waals surface area contributed by atoms with E-state index in [0.717, 1.165) is 63.3 Å². The van der Waals surface area contributed by atoms with Crippen molar-refractivity contribution < 1.29 is 9.53 Å². The van der Waals surface area contributed by atoms with Gasteiger partial charge in [-0.15, -0.1) is 11.3 Å². The van der Waals surface area contributed by atoms with Crippen LogP contribution in [0, 0.1) is 5.92 Å². The lowest BCUT2D eigenvalue weighted by atomic mass is 9.86. The molecule has 3 nitrogen and oxygen atoms in total. The minimum absolute atomic E-state index is 0.0651. The van der Waals surface area contributed by atoms with Crippen molar-refractivity contribution in [3.05, 3.63) is 51.7 Å². The van der Waals surface area contributed by atoms with Crippen molar-refractivity contribution >= 4 is 17.3 Å². The van der Waals surface area contributed by atoms with Gasteiger partial charge in [-0.3, -0.25) is 9.69 Å². The highest BCUT2D eigenvalue weighted by atomic mass is 32.1. The summed E-state index contributed by atoms with van der Waals surface area (Å²) in [4.78, 5) is 16.8. The summed E-state index contributed by atoms with van der Waals surface area (Å²) in [6.45, 7) is 9.18. The van der Waals surface area contributed by atoms with Crippen molar-refractivity contribution in [1.82, 2.24) is 4.90 Å². The molecule has 3 rings (SSSR count). The van der Waals surface area contributed by atoms with E-state index in [9.17, 15) is 4.79 Å². The Labute approximate surface area is 224 Å². The predicted octanol–water partition coefficient (Wildman–Crippen LogP) is 8.63. The molecule has 0 bridgehead atoms. The second-order valence-corrected chi connectivity index (χ2v) is 11.9. The third kappa shape index (κ3) is 9.67. The Hall–Kier alpha value is -1.65. The molecule has 0 N–H and O–H groups in total. The molecule has 1 heterocycles. The first-order valence-electron chi connectivity index (χ1n) is 14.7. The van der Waals surface area contributed by atoms with Crippen molar-refractivity contribution in [3.63, 3.8) is 0 Å². The van der Waals surface area contributed by atoms with Gasteiger partial charge in [-0.2, -0.15) is 0 Å². The maximum atomic E-state index is 12.6. The monoisotopic (exact) mass is 511 g/mol. The number of thiophene rings is 1. The zero-order valence-electron chi connectivity index (χ0n) is 23.1. The Morgan fingerprint density at radius 3 is 2.61 bits per heavy atom. The minimum Gasteiger partial charge on any atom is -0.426 e. The topological polar surface area (TPSA) is 29.5 Å². The van der Waals surface area contributed by atoms with E-state index in [4.69, 9.17) is 4.74 Å². The molecule has 0 saturated carbocycles. The molecule has 0 fully saturated rings. The van der Waals surface area contributed by atoms with E-state index in [1.165, 1.54) is 60.9 Å². The Bertz CT molecular complexity index is 878. The van der Waals surface area contributed by atoms with Gasteiger partial charge in [0.15, 0.2) is 0 Å². The van der Waals surface area contributed by atoms with Crippen LogP contribution in [0.15, 0.2) is 35.7 Å². The number of nitrogens with zero attached hydrogens (tertiary/aromatic N) is 1. The Balaban J connectivity index is 1.44. The number of hydrogen-bond acceptors (Lipinski definition) is 4. The molecule has 1 aliphatic rings. The molecular formula is C32H49NO2S. The van der Waals surface area contributed by atoms with Gasteiger partial charge in [0, 0.05) is 23.9 Å². The van der Waals surface area contributed by atoms with E-state index in [1.54, 1.807) is 0 Å². The molecule has 0 radical (unpaired) electrons. The van der Waals surface area contributed by atoms with Crippen LogP contribution in [-0.4, -0.2) is 30.0 Å². The first-order chi connectivity index (χ1) is 17.6. The van der Waals surface area contributed by atoms with Gasteiger partial charge in [0.25, 0.3) is 0 Å². The standard InChI is InChI=1S/C32H49NO2S/c1-4-6-7-8-13-26(3)14-9-10-18-32(34)35-31-17-11-15-27-25-28(19-20-30(27)31)33(22-5-2)23-21-29-16-12-24-36-29/h11-12,15-17,24,26,28H,4-10,13-14,18-23,25H2,1-3H3. The lowest BCUT2D eigenvalue weighted by molar-refractivity contribution is -0.134. The van der Waals surface area contributed by atoms with Gasteiger partial charge in [0.1, 0.15) is 5.75 Å². The Morgan fingerprint density at radius 2 is 1.86 bits per heavy atom. The van der Waals surface area contributed by atoms with Crippen LogP contribution in [0.5, 0.6) is 5.75 Å². The molecule has 0 aliphatic heterocycles. The highest BCUT2D eigenvalue weighted by Gasteiger charge is 2.26. The first kappa shape index (κ1) is 28.9. The van der Waals surface area contributed by atoms with E-state index in [2.05, 4.69) is 55.3 Å². The Morgan fingerprint density at radius 1 is 1.03 bits per heavy atom. The van der Waals surface area contributed by atoms with Crippen LogP contribution in [0.2, 0.25) is 0 Å².